The molecule has 7 nitrogen and oxygen atoms in total. The second-order valence-corrected chi connectivity index (χ2v) is 9.45. The van der Waals surface area contributed by atoms with E-state index in [-0.39, 0.29) is 11.5 Å². The minimum Gasteiger partial charge on any atom is -0.465 e. The average molecular weight is 458 g/mol. The van der Waals surface area contributed by atoms with Crippen molar-refractivity contribution in [2.24, 2.45) is 0 Å². The molecule has 2 aromatic carbocycles. The number of carbonyl (C=O) groups is 2. The first kappa shape index (κ1) is 23.7. The summed E-state index contributed by atoms with van der Waals surface area (Å²) in [6.45, 7) is 1.18. The van der Waals surface area contributed by atoms with Crippen molar-refractivity contribution in [2.75, 3.05) is 20.2 Å². The number of hydrogen-bond donors (Lipinski definition) is 0. The first-order valence-electron chi connectivity index (χ1n) is 10.5. The second kappa shape index (κ2) is 11.1. The molecule has 1 fully saturated rings. The number of sulfonamides is 1. The molecule has 0 N–H and O–H groups in total. The van der Waals surface area contributed by atoms with Crippen molar-refractivity contribution >= 4 is 28.0 Å². The van der Waals surface area contributed by atoms with Crippen LogP contribution in [0.15, 0.2) is 59.5 Å². The number of ether oxygens (including phenoxy) is 2. The summed E-state index contributed by atoms with van der Waals surface area (Å²) in [6.07, 6.45) is 6.76. The topological polar surface area (TPSA) is 90.0 Å². The summed E-state index contributed by atoms with van der Waals surface area (Å²) >= 11 is 0. The molecule has 1 heterocycles. The molecular weight excluding hydrogens is 430 g/mol. The van der Waals surface area contributed by atoms with E-state index in [1.807, 2.05) is 0 Å². The van der Waals surface area contributed by atoms with Crippen LogP contribution in [-0.2, 0) is 30.9 Å². The van der Waals surface area contributed by atoms with Crippen molar-refractivity contribution < 1.29 is 27.5 Å². The Bertz CT molecular complexity index is 1050. The number of rotatable bonds is 7. The molecule has 0 spiro atoms. The summed E-state index contributed by atoms with van der Waals surface area (Å²) in [4.78, 5) is 23.7. The molecule has 0 aliphatic carbocycles. The zero-order chi connectivity index (χ0) is 23.0. The van der Waals surface area contributed by atoms with Gasteiger partial charge in [-0.05, 0) is 54.3 Å². The Balaban J connectivity index is 1.54. The van der Waals surface area contributed by atoms with Gasteiger partial charge in [0.15, 0.2) is 0 Å². The van der Waals surface area contributed by atoms with Gasteiger partial charge in [0.25, 0.3) is 0 Å². The smallest absolute Gasteiger partial charge is 0.337 e. The van der Waals surface area contributed by atoms with Crippen molar-refractivity contribution in [3.8, 4) is 0 Å². The molecule has 32 heavy (non-hydrogen) atoms. The maximum atomic E-state index is 12.8. The lowest BCUT2D eigenvalue weighted by atomic mass is 10.1. The summed E-state index contributed by atoms with van der Waals surface area (Å²) in [5.41, 5.74) is 1.85. The van der Waals surface area contributed by atoms with Crippen LogP contribution in [0.2, 0.25) is 0 Å². The standard InChI is InChI=1S/C24H27NO6S/c1-30-24(27)21-11-6-20(7-12-21)18-31-23(26)15-10-19-8-13-22(14-9-19)32(28,29)25-16-4-2-3-5-17-25/h6-15H,2-5,16-18H2,1H3/b15-10+. The normalized spacial score (nSPS) is 15.3. The van der Waals surface area contributed by atoms with Gasteiger partial charge in [-0.15, -0.1) is 0 Å². The molecule has 0 unspecified atom stereocenters. The third kappa shape index (κ3) is 6.27. The van der Waals surface area contributed by atoms with E-state index in [0.29, 0.717) is 24.2 Å². The third-order valence-electron chi connectivity index (χ3n) is 5.25. The largest absolute Gasteiger partial charge is 0.465 e. The van der Waals surface area contributed by atoms with E-state index in [0.717, 1.165) is 31.2 Å². The van der Waals surface area contributed by atoms with Crippen LogP contribution in [0.1, 0.15) is 47.2 Å². The van der Waals surface area contributed by atoms with Gasteiger partial charge in [-0.2, -0.15) is 4.31 Å². The van der Waals surface area contributed by atoms with E-state index < -0.39 is 22.0 Å². The number of esters is 2. The first-order valence-corrected chi connectivity index (χ1v) is 12.0. The molecule has 0 bridgehead atoms. The van der Waals surface area contributed by atoms with Crippen molar-refractivity contribution in [1.82, 2.24) is 4.31 Å². The van der Waals surface area contributed by atoms with Gasteiger partial charge in [-0.1, -0.05) is 37.1 Å². The van der Waals surface area contributed by atoms with Gasteiger partial charge in [-0.25, -0.2) is 18.0 Å². The number of carbonyl (C=O) groups excluding carboxylic acids is 2. The maximum absolute atomic E-state index is 12.8. The number of methoxy groups -OCH3 is 1. The van der Waals surface area contributed by atoms with Gasteiger partial charge in [-0.3, -0.25) is 0 Å². The molecule has 2 aromatic rings. The van der Waals surface area contributed by atoms with Gasteiger partial charge >= 0.3 is 11.9 Å². The van der Waals surface area contributed by atoms with Gasteiger partial charge in [0, 0.05) is 19.2 Å². The Labute approximate surface area is 188 Å². The highest BCUT2D eigenvalue weighted by molar-refractivity contribution is 7.89. The average Bonchev–Trinajstić information content (AvgIpc) is 3.12. The molecule has 1 aliphatic rings. The minimum absolute atomic E-state index is 0.0671. The molecule has 0 radical (unpaired) electrons. The van der Waals surface area contributed by atoms with E-state index in [4.69, 9.17) is 4.74 Å². The van der Waals surface area contributed by atoms with E-state index in [9.17, 15) is 18.0 Å². The number of hydrogen-bond acceptors (Lipinski definition) is 6. The molecule has 1 saturated heterocycles. The maximum Gasteiger partial charge on any atom is 0.337 e. The fourth-order valence-electron chi connectivity index (χ4n) is 3.40. The van der Waals surface area contributed by atoms with Crippen molar-refractivity contribution in [3.63, 3.8) is 0 Å². The molecular formula is C24H27NO6S. The Kier molecular flexibility index (Phi) is 8.19. The SMILES string of the molecule is COC(=O)c1ccc(COC(=O)/C=C/c2ccc(S(=O)(=O)N3CCCCCC3)cc2)cc1. The number of benzene rings is 2. The Hall–Kier alpha value is -2.97. The Morgan fingerprint density at radius 1 is 0.938 bits per heavy atom. The predicted molar refractivity (Wildman–Crippen MR) is 120 cm³/mol. The van der Waals surface area contributed by atoms with E-state index >= 15 is 0 Å². The molecule has 170 valence electrons. The number of nitrogens with zero attached hydrogens (tertiary/aromatic N) is 1. The molecule has 0 amide bonds. The zero-order valence-corrected chi connectivity index (χ0v) is 18.8. The van der Waals surface area contributed by atoms with Crippen molar-refractivity contribution in [1.29, 1.82) is 0 Å². The third-order valence-corrected chi connectivity index (χ3v) is 7.16. The van der Waals surface area contributed by atoms with Crippen molar-refractivity contribution in [2.45, 2.75) is 37.2 Å². The molecule has 1 aliphatic heterocycles. The van der Waals surface area contributed by atoms with Gasteiger partial charge in [0.05, 0.1) is 17.6 Å². The van der Waals surface area contributed by atoms with Crippen LogP contribution >= 0.6 is 0 Å². The Morgan fingerprint density at radius 2 is 1.56 bits per heavy atom. The van der Waals surface area contributed by atoms with Crippen LogP contribution in [0, 0.1) is 0 Å². The highest BCUT2D eigenvalue weighted by Gasteiger charge is 2.24. The highest BCUT2D eigenvalue weighted by atomic mass is 32.2. The fourth-order valence-corrected chi connectivity index (χ4v) is 4.92. The van der Waals surface area contributed by atoms with Gasteiger partial charge in [0.2, 0.25) is 10.0 Å². The monoisotopic (exact) mass is 457 g/mol. The van der Waals surface area contributed by atoms with E-state index in [1.165, 1.54) is 13.2 Å². The zero-order valence-electron chi connectivity index (χ0n) is 18.0. The van der Waals surface area contributed by atoms with Crippen molar-refractivity contribution in [3.05, 3.63) is 71.3 Å². The summed E-state index contributed by atoms with van der Waals surface area (Å²) in [6, 6.07) is 13.0. The lowest BCUT2D eigenvalue weighted by Gasteiger charge is -2.19. The molecule has 0 aromatic heterocycles. The van der Waals surface area contributed by atoms with E-state index in [1.54, 1.807) is 58.9 Å². The fraction of sp³-hybridized carbons (Fsp3) is 0.333. The first-order chi connectivity index (χ1) is 15.4. The lowest BCUT2D eigenvalue weighted by Crippen LogP contribution is -2.31. The van der Waals surface area contributed by atoms with Crippen LogP contribution in [0.25, 0.3) is 6.08 Å². The van der Waals surface area contributed by atoms with Crippen LogP contribution < -0.4 is 0 Å². The second-order valence-electron chi connectivity index (χ2n) is 7.52. The van der Waals surface area contributed by atoms with E-state index in [2.05, 4.69) is 4.74 Å². The van der Waals surface area contributed by atoms with Gasteiger partial charge < -0.3 is 9.47 Å². The van der Waals surface area contributed by atoms with Crippen LogP contribution in [0.5, 0.6) is 0 Å². The van der Waals surface area contributed by atoms with Crippen LogP contribution in [0.3, 0.4) is 0 Å². The highest BCUT2D eigenvalue weighted by Crippen LogP contribution is 2.21. The molecule has 3 rings (SSSR count). The predicted octanol–water partition coefficient (Wildman–Crippen LogP) is 3.79. The summed E-state index contributed by atoms with van der Waals surface area (Å²) < 4.78 is 37.0. The van der Waals surface area contributed by atoms with Crippen LogP contribution in [-0.4, -0.2) is 44.9 Å². The lowest BCUT2D eigenvalue weighted by molar-refractivity contribution is -0.138. The van der Waals surface area contributed by atoms with Gasteiger partial charge in [0.1, 0.15) is 6.61 Å². The quantitative estimate of drug-likeness (QED) is 0.464. The Morgan fingerprint density at radius 3 is 2.16 bits per heavy atom. The summed E-state index contributed by atoms with van der Waals surface area (Å²) in [5, 5.41) is 0. The summed E-state index contributed by atoms with van der Waals surface area (Å²) in [5.74, 6) is -0.954. The molecule has 0 atom stereocenters. The minimum atomic E-state index is -3.49. The molecule has 0 saturated carbocycles. The summed E-state index contributed by atoms with van der Waals surface area (Å²) in [7, 11) is -2.18. The van der Waals surface area contributed by atoms with Crippen LogP contribution in [0.4, 0.5) is 0 Å². The molecule has 8 heteroatoms.